The molecule has 0 aliphatic carbocycles. The highest BCUT2D eigenvalue weighted by Gasteiger charge is 2.34. The van der Waals surface area contributed by atoms with E-state index in [1.807, 2.05) is 30.3 Å². The number of halogens is 1. The number of H-pyrrole nitrogens is 1. The summed E-state index contributed by atoms with van der Waals surface area (Å²) in [5.41, 5.74) is 4.26. The maximum absolute atomic E-state index is 12.4. The molecule has 2 unspecified atom stereocenters. The van der Waals surface area contributed by atoms with Crippen LogP contribution in [0.15, 0.2) is 42.5 Å². The van der Waals surface area contributed by atoms with Crippen molar-refractivity contribution in [1.29, 1.82) is 0 Å². The Morgan fingerprint density at radius 1 is 1.13 bits per heavy atom. The molecule has 0 amide bonds. The lowest BCUT2D eigenvalue weighted by Gasteiger charge is -2.30. The summed E-state index contributed by atoms with van der Waals surface area (Å²) in [6, 6.07) is 13.5. The fraction of sp³-hybridized carbons (Fsp3) is 0.348. The maximum Gasteiger partial charge on any atom is 0.323 e. The van der Waals surface area contributed by atoms with E-state index in [1.54, 1.807) is 7.11 Å². The first-order valence-corrected chi connectivity index (χ1v) is 9.90. The number of carbonyl (C=O) groups is 1. The van der Waals surface area contributed by atoms with Crippen molar-refractivity contribution >= 4 is 29.3 Å². The summed E-state index contributed by atoms with van der Waals surface area (Å²) in [5.74, 6) is 1.13. The van der Waals surface area contributed by atoms with E-state index in [9.17, 15) is 4.79 Å². The van der Waals surface area contributed by atoms with Crippen LogP contribution in [0, 0.1) is 0 Å². The van der Waals surface area contributed by atoms with Gasteiger partial charge in [0.1, 0.15) is 6.04 Å². The monoisotopic (exact) mass is 430 g/mol. The maximum atomic E-state index is 12.4. The Bertz CT molecular complexity index is 1030. The second-order valence-electron chi connectivity index (χ2n) is 7.20. The molecule has 1 aliphatic rings. The molecule has 6 nitrogen and oxygen atoms in total. The van der Waals surface area contributed by atoms with Gasteiger partial charge in [-0.2, -0.15) is 0 Å². The van der Waals surface area contributed by atoms with Crippen molar-refractivity contribution in [2.45, 2.75) is 31.8 Å². The summed E-state index contributed by atoms with van der Waals surface area (Å²) in [7, 11) is 3.06. The summed E-state index contributed by atoms with van der Waals surface area (Å²) < 4.78 is 16.4. The number of hydrogen-bond acceptors (Lipinski definition) is 5. The summed E-state index contributed by atoms with van der Waals surface area (Å²) >= 11 is 0. The van der Waals surface area contributed by atoms with Crippen molar-refractivity contribution in [3.63, 3.8) is 0 Å². The average molecular weight is 431 g/mol. The van der Waals surface area contributed by atoms with Crippen LogP contribution in [0.5, 0.6) is 11.5 Å². The number of aromatic nitrogens is 1. The molecule has 0 saturated carbocycles. The van der Waals surface area contributed by atoms with Crippen LogP contribution in [0.2, 0.25) is 0 Å². The van der Waals surface area contributed by atoms with Crippen molar-refractivity contribution in [2.24, 2.45) is 0 Å². The van der Waals surface area contributed by atoms with Crippen LogP contribution < -0.4 is 14.8 Å². The Labute approximate surface area is 182 Å². The van der Waals surface area contributed by atoms with Crippen LogP contribution in [-0.2, 0) is 16.0 Å². The Morgan fingerprint density at radius 3 is 2.67 bits per heavy atom. The third-order valence-electron chi connectivity index (χ3n) is 5.38. The lowest BCUT2D eigenvalue weighted by Crippen LogP contribution is -2.45. The van der Waals surface area contributed by atoms with Crippen LogP contribution >= 0.6 is 12.4 Å². The molecule has 160 valence electrons. The molecule has 1 aromatic heterocycles. The molecule has 1 aliphatic heterocycles. The number of rotatable bonds is 6. The molecule has 4 rings (SSSR count). The van der Waals surface area contributed by atoms with E-state index >= 15 is 0 Å². The zero-order valence-electron chi connectivity index (χ0n) is 17.4. The first-order chi connectivity index (χ1) is 14.2. The fourth-order valence-electron chi connectivity index (χ4n) is 3.99. The third-order valence-corrected chi connectivity index (χ3v) is 5.38. The number of benzene rings is 2. The average Bonchev–Trinajstić information content (AvgIpc) is 3.15. The molecular weight excluding hydrogens is 404 g/mol. The van der Waals surface area contributed by atoms with E-state index in [4.69, 9.17) is 14.2 Å². The number of carbonyl (C=O) groups excluding carboxylic acids is 1. The molecule has 3 aromatic rings. The SMILES string of the molecule is CCCOc1ccc(C2NC(C(=O)OC)Cc3c2[nH]c2ccccc32)cc1OC.Cl. The van der Waals surface area contributed by atoms with Gasteiger partial charge in [-0.3, -0.25) is 10.1 Å². The van der Waals surface area contributed by atoms with Gasteiger partial charge >= 0.3 is 5.97 Å². The van der Waals surface area contributed by atoms with Gasteiger partial charge in [0, 0.05) is 23.0 Å². The number of esters is 1. The van der Waals surface area contributed by atoms with Gasteiger partial charge in [-0.25, -0.2) is 0 Å². The lowest BCUT2D eigenvalue weighted by molar-refractivity contribution is -0.143. The van der Waals surface area contributed by atoms with E-state index in [1.165, 1.54) is 7.11 Å². The first-order valence-electron chi connectivity index (χ1n) is 9.90. The van der Waals surface area contributed by atoms with E-state index in [0.29, 0.717) is 18.8 Å². The summed E-state index contributed by atoms with van der Waals surface area (Å²) in [4.78, 5) is 15.9. The summed E-state index contributed by atoms with van der Waals surface area (Å²) in [6.07, 6.45) is 1.51. The van der Waals surface area contributed by atoms with Gasteiger partial charge in [0.05, 0.1) is 26.9 Å². The quantitative estimate of drug-likeness (QED) is 0.574. The van der Waals surface area contributed by atoms with Crippen LogP contribution in [-0.4, -0.2) is 37.8 Å². The highest BCUT2D eigenvalue weighted by molar-refractivity contribution is 5.87. The minimum absolute atomic E-state index is 0. The Hall–Kier alpha value is -2.70. The van der Waals surface area contributed by atoms with Crippen LogP contribution in [0.25, 0.3) is 10.9 Å². The lowest BCUT2D eigenvalue weighted by atomic mass is 9.90. The number of aromatic amines is 1. The predicted molar refractivity (Wildman–Crippen MR) is 119 cm³/mol. The Kier molecular flexibility index (Phi) is 6.90. The van der Waals surface area contributed by atoms with Gasteiger partial charge in [0.2, 0.25) is 0 Å². The van der Waals surface area contributed by atoms with Crippen molar-refractivity contribution < 1.29 is 19.0 Å². The molecule has 30 heavy (non-hydrogen) atoms. The number of ether oxygens (including phenoxy) is 3. The van der Waals surface area contributed by atoms with Crippen LogP contribution in [0.1, 0.15) is 36.2 Å². The molecule has 2 N–H and O–H groups in total. The summed E-state index contributed by atoms with van der Waals surface area (Å²) in [5, 5.41) is 4.59. The zero-order chi connectivity index (χ0) is 20.4. The van der Waals surface area contributed by atoms with E-state index < -0.39 is 6.04 Å². The minimum atomic E-state index is -0.418. The molecule has 0 radical (unpaired) electrons. The molecule has 0 saturated heterocycles. The largest absolute Gasteiger partial charge is 0.493 e. The number of hydrogen-bond donors (Lipinski definition) is 2. The van der Waals surface area contributed by atoms with E-state index in [-0.39, 0.29) is 24.4 Å². The third kappa shape index (κ3) is 3.98. The second-order valence-corrected chi connectivity index (χ2v) is 7.20. The molecule has 2 heterocycles. The van der Waals surface area contributed by atoms with Crippen LogP contribution in [0.4, 0.5) is 0 Å². The minimum Gasteiger partial charge on any atom is -0.493 e. The first kappa shape index (κ1) is 22.0. The van der Waals surface area contributed by atoms with Gasteiger partial charge in [-0.1, -0.05) is 31.2 Å². The van der Waals surface area contributed by atoms with Crippen molar-refractivity contribution in [3.05, 3.63) is 59.3 Å². The van der Waals surface area contributed by atoms with Crippen molar-refractivity contribution in [3.8, 4) is 11.5 Å². The van der Waals surface area contributed by atoms with Gasteiger partial charge in [0.25, 0.3) is 0 Å². The molecule has 7 heteroatoms. The molecule has 2 aromatic carbocycles. The number of methoxy groups -OCH3 is 2. The van der Waals surface area contributed by atoms with Gasteiger partial charge < -0.3 is 19.2 Å². The van der Waals surface area contributed by atoms with Gasteiger partial charge in [-0.15, -0.1) is 12.4 Å². The number of nitrogens with one attached hydrogen (secondary N) is 2. The smallest absolute Gasteiger partial charge is 0.323 e. The fourth-order valence-corrected chi connectivity index (χ4v) is 3.99. The van der Waals surface area contributed by atoms with E-state index in [0.717, 1.165) is 39.9 Å². The zero-order valence-corrected chi connectivity index (χ0v) is 18.2. The number of fused-ring (bicyclic) bond motifs is 3. The van der Waals surface area contributed by atoms with Gasteiger partial charge in [0.15, 0.2) is 11.5 Å². The van der Waals surface area contributed by atoms with Crippen molar-refractivity contribution in [2.75, 3.05) is 20.8 Å². The highest BCUT2D eigenvalue weighted by Crippen LogP contribution is 2.38. The standard InChI is InChI=1S/C23H26N2O4.ClH/c1-4-11-29-19-10-9-14(12-20(19)27-2)21-22-16(13-18(25-21)23(26)28-3)15-7-5-6-8-17(15)24-22;/h5-10,12,18,21,24-25H,4,11,13H2,1-3H3;1H. The molecule has 0 fully saturated rings. The topological polar surface area (TPSA) is 72.6 Å². The van der Waals surface area contributed by atoms with Crippen molar-refractivity contribution in [1.82, 2.24) is 10.3 Å². The molecular formula is C23H27ClN2O4. The highest BCUT2D eigenvalue weighted by atomic mass is 35.5. The Balaban J connectivity index is 0.00000256. The molecule has 0 spiro atoms. The second kappa shape index (κ2) is 9.41. The molecule has 2 atom stereocenters. The Morgan fingerprint density at radius 2 is 1.93 bits per heavy atom. The normalized spacial score (nSPS) is 17.7. The molecule has 0 bridgehead atoms. The predicted octanol–water partition coefficient (Wildman–Crippen LogP) is 4.16. The number of para-hydroxylation sites is 1. The van der Waals surface area contributed by atoms with E-state index in [2.05, 4.69) is 29.4 Å². The van der Waals surface area contributed by atoms with Crippen LogP contribution in [0.3, 0.4) is 0 Å². The summed E-state index contributed by atoms with van der Waals surface area (Å²) in [6.45, 7) is 2.70. The van der Waals surface area contributed by atoms with Gasteiger partial charge in [-0.05, 0) is 35.7 Å².